The molecule has 1 aromatic heterocycles. The van der Waals surface area contributed by atoms with Crippen LogP contribution in [0, 0.1) is 0 Å². The van der Waals surface area contributed by atoms with Crippen LogP contribution < -0.4 is 14.8 Å². The van der Waals surface area contributed by atoms with Gasteiger partial charge in [0.05, 0.1) is 13.2 Å². The van der Waals surface area contributed by atoms with Crippen molar-refractivity contribution in [1.82, 2.24) is 14.9 Å². The molecule has 2 N–H and O–H groups in total. The van der Waals surface area contributed by atoms with E-state index in [1.54, 1.807) is 24.3 Å². The third-order valence-corrected chi connectivity index (χ3v) is 4.81. The Kier molecular flexibility index (Phi) is 7.64. The van der Waals surface area contributed by atoms with Crippen LogP contribution in [0.25, 0.3) is 0 Å². The van der Waals surface area contributed by atoms with E-state index in [1.165, 1.54) is 16.7 Å². The van der Waals surface area contributed by atoms with Crippen LogP contribution in [0.5, 0.6) is 17.5 Å². The summed E-state index contributed by atoms with van der Waals surface area (Å²) in [5.74, 6) is -0.980. The molecule has 12 heteroatoms. The van der Waals surface area contributed by atoms with E-state index in [4.69, 9.17) is 21.4 Å². The molecule has 3 aromatic rings. The van der Waals surface area contributed by atoms with Gasteiger partial charge in [-0.3, -0.25) is 9.36 Å². The maximum Gasteiger partial charge on any atom is 0.573 e. The zero-order valence-electron chi connectivity index (χ0n) is 16.2. The average Bonchev–Trinajstić information content (AvgIpc) is 3.01. The summed E-state index contributed by atoms with van der Waals surface area (Å²) in [5.41, 5.74) is 0.862. The fourth-order valence-electron chi connectivity index (χ4n) is 2.71. The van der Waals surface area contributed by atoms with E-state index in [0.717, 1.165) is 17.7 Å². The molecule has 0 spiro atoms. The Hall–Kier alpha value is -2.76. The Bertz CT molecular complexity index is 1090. The lowest BCUT2D eigenvalue weighted by Gasteiger charge is -2.13. The molecule has 32 heavy (non-hydrogen) atoms. The molecule has 0 aliphatic rings. The summed E-state index contributed by atoms with van der Waals surface area (Å²) < 4.78 is 48.8. The number of halogens is 5. The number of aliphatic hydroxyl groups is 1. The molecule has 1 amide bonds. The first-order valence-corrected chi connectivity index (χ1v) is 10.3. The molecular weight excluding hydrogens is 519 g/mol. The highest BCUT2D eigenvalue weighted by Crippen LogP contribution is 2.31. The Morgan fingerprint density at radius 3 is 2.53 bits per heavy atom. The molecule has 0 saturated carbocycles. The number of alkyl halides is 3. The molecule has 2 aromatic carbocycles. The highest BCUT2D eigenvalue weighted by Gasteiger charge is 2.31. The van der Waals surface area contributed by atoms with Crippen molar-refractivity contribution in [2.24, 2.45) is 0 Å². The number of hydrogen-bond acceptors (Lipinski definition) is 5. The number of carbonyl (C=O) groups excluding carboxylic acids is 1. The zero-order valence-corrected chi connectivity index (χ0v) is 18.5. The van der Waals surface area contributed by atoms with Crippen LogP contribution >= 0.6 is 27.5 Å². The molecule has 0 fully saturated rings. The number of carbonyl (C=O) groups is 1. The minimum atomic E-state index is -4.85. The average molecular weight is 535 g/mol. The summed E-state index contributed by atoms with van der Waals surface area (Å²) in [6.07, 6.45) is -4.85. The molecular formula is C20H16BrClF3N3O4. The highest BCUT2D eigenvalue weighted by atomic mass is 79.9. The Morgan fingerprint density at radius 1 is 1.19 bits per heavy atom. The van der Waals surface area contributed by atoms with Crippen molar-refractivity contribution < 1.29 is 32.5 Å². The van der Waals surface area contributed by atoms with Gasteiger partial charge >= 0.3 is 12.4 Å². The van der Waals surface area contributed by atoms with E-state index < -0.39 is 18.0 Å². The topological polar surface area (TPSA) is 85.6 Å². The van der Waals surface area contributed by atoms with Gasteiger partial charge in [-0.2, -0.15) is 4.98 Å². The monoisotopic (exact) mass is 533 g/mol. The van der Waals surface area contributed by atoms with Gasteiger partial charge in [0, 0.05) is 17.6 Å². The minimum Gasteiger partial charge on any atom is -0.425 e. The van der Waals surface area contributed by atoms with Crippen LogP contribution in [0.1, 0.15) is 16.1 Å². The number of ether oxygens (including phenoxy) is 2. The highest BCUT2D eigenvalue weighted by molar-refractivity contribution is 9.10. The lowest BCUT2D eigenvalue weighted by Crippen LogP contribution is -2.29. The van der Waals surface area contributed by atoms with Crippen LogP contribution in [0.2, 0.25) is 5.02 Å². The van der Waals surface area contributed by atoms with Crippen molar-refractivity contribution >= 4 is 33.4 Å². The molecule has 0 bridgehead atoms. The van der Waals surface area contributed by atoms with Gasteiger partial charge in [0.1, 0.15) is 21.8 Å². The van der Waals surface area contributed by atoms with E-state index in [9.17, 15) is 18.0 Å². The zero-order chi connectivity index (χ0) is 23.3. The molecule has 0 saturated heterocycles. The molecule has 0 radical (unpaired) electrons. The molecule has 170 valence electrons. The summed E-state index contributed by atoms with van der Waals surface area (Å²) >= 11 is 9.15. The smallest absolute Gasteiger partial charge is 0.425 e. The first kappa shape index (κ1) is 23.9. The molecule has 0 aliphatic carbocycles. The number of nitrogens with one attached hydrogen (secondary N) is 1. The number of nitrogens with zero attached hydrogens (tertiary/aromatic N) is 2. The van der Waals surface area contributed by atoms with Crippen molar-refractivity contribution in [2.75, 3.05) is 13.2 Å². The summed E-state index contributed by atoms with van der Waals surface area (Å²) in [6, 6.07) is 11.7. The maximum absolute atomic E-state index is 12.6. The lowest BCUT2D eigenvalue weighted by atomic mass is 10.2. The quantitative estimate of drug-likeness (QED) is 0.435. The van der Waals surface area contributed by atoms with Crippen LogP contribution in [-0.2, 0) is 6.54 Å². The van der Waals surface area contributed by atoms with E-state index >= 15 is 0 Å². The van der Waals surface area contributed by atoms with Gasteiger partial charge in [0.25, 0.3) is 5.91 Å². The van der Waals surface area contributed by atoms with Crippen LogP contribution in [-0.4, -0.2) is 40.1 Å². The van der Waals surface area contributed by atoms with E-state index in [-0.39, 0.29) is 41.8 Å². The number of rotatable bonds is 8. The summed E-state index contributed by atoms with van der Waals surface area (Å²) in [7, 11) is 0. The normalized spacial score (nSPS) is 11.3. The Balaban J connectivity index is 1.97. The van der Waals surface area contributed by atoms with Crippen LogP contribution in [0.15, 0.2) is 53.1 Å². The number of aliphatic hydroxyl groups excluding tert-OH is 1. The fraction of sp³-hybridized carbons (Fsp3) is 0.200. The minimum absolute atomic E-state index is 0.0175. The van der Waals surface area contributed by atoms with Crippen molar-refractivity contribution in [2.45, 2.75) is 12.9 Å². The third kappa shape index (κ3) is 6.38. The predicted octanol–water partition coefficient (Wildman–Crippen LogP) is 4.76. The maximum atomic E-state index is 12.6. The van der Waals surface area contributed by atoms with Crippen molar-refractivity contribution in [1.29, 1.82) is 0 Å². The molecule has 0 aliphatic heterocycles. The molecule has 7 nitrogen and oxygen atoms in total. The second-order valence-electron chi connectivity index (χ2n) is 6.35. The molecule has 1 heterocycles. The van der Waals surface area contributed by atoms with Crippen molar-refractivity contribution in [3.63, 3.8) is 0 Å². The molecule has 0 unspecified atom stereocenters. The third-order valence-electron chi connectivity index (χ3n) is 4.00. The predicted molar refractivity (Wildman–Crippen MR) is 113 cm³/mol. The number of benzene rings is 2. The second kappa shape index (κ2) is 10.2. The van der Waals surface area contributed by atoms with Gasteiger partial charge in [0.15, 0.2) is 0 Å². The van der Waals surface area contributed by atoms with Gasteiger partial charge in [-0.25, -0.2) is 0 Å². The summed E-state index contributed by atoms with van der Waals surface area (Å²) in [5, 5.41) is 12.1. The Labute approximate surface area is 193 Å². The van der Waals surface area contributed by atoms with Crippen molar-refractivity contribution in [3.05, 3.63) is 69.4 Å². The van der Waals surface area contributed by atoms with Crippen LogP contribution in [0.4, 0.5) is 13.2 Å². The first-order valence-electron chi connectivity index (χ1n) is 9.09. The summed E-state index contributed by atoms with van der Waals surface area (Å²) in [4.78, 5) is 16.8. The van der Waals surface area contributed by atoms with E-state index in [1.807, 2.05) is 0 Å². The number of aromatic nitrogens is 2. The van der Waals surface area contributed by atoms with Crippen molar-refractivity contribution in [3.8, 4) is 17.5 Å². The second-order valence-corrected chi connectivity index (χ2v) is 7.54. The van der Waals surface area contributed by atoms with Gasteiger partial charge in [-0.15, -0.1) is 13.2 Å². The number of amides is 1. The van der Waals surface area contributed by atoms with Crippen LogP contribution in [0.3, 0.4) is 0 Å². The Morgan fingerprint density at radius 2 is 1.88 bits per heavy atom. The van der Waals surface area contributed by atoms with Gasteiger partial charge < -0.3 is 19.9 Å². The largest absolute Gasteiger partial charge is 0.573 e. The van der Waals surface area contributed by atoms with E-state index in [2.05, 4.69) is 31.0 Å². The van der Waals surface area contributed by atoms with Gasteiger partial charge in [-0.05, 0) is 45.8 Å². The standard InChI is InChI=1S/C20H16BrClF3N3O4/c21-17-16(18(30)26-8-9-29)28(11-12-4-6-13(22)7-5-12)19(27-17)31-14-2-1-3-15(10-14)32-20(23,24)25/h1-7,10,29H,8-9,11H2,(H,26,30). The fourth-order valence-corrected chi connectivity index (χ4v) is 3.38. The number of hydrogen-bond donors (Lipinski definition) is 2. The molecule has 3 rings (SSSR count). The lowest BCUT2D eigenvalue weighted by molar-refractivity contribution is -0.274. The number of imidazole rings is 1. The first-order chi connectivity index (χ1) is 15.2. The van der Waals surface area contributed by atoms with E-state index in [0.29, 0.717) is 5.02 Å². The van der Waals surface area contributed by atoms with Gasteiger partial charge in [0.2, 0.25) is 0 Å². The SMILES string of the molecule is O=C(NCCO)c1c(Br)nc(Oc2cccc(OC(F)(F)F)c2)n1Cc1ccc(Cl)cc1. The molecule has 0 atom stereocenters. The summed E-state index contributed by atoms with van der Waals surface area (Å²) in [6.45, 7) is -0.0971. The van der Waals surface area contributed by atoms with Gasteiger partial charge in [-0.1, -0.05) is 29.8 Å².